The molecule has 0 saturated carbocycles. The van der Waals surface area contributed by atoms with E-state index in [1.807, 2.05) is 12.3 Å². The largest absolute Gasteiger partial charge is 0.384 e. The van der Waals surface area contributed by atoms with Crippen LogP contribution in [0.4, 0.5) is 5.82 Å². The van der Waals surface area contributed by atoms with Gasteiger partial charge in [0.15, 0.2) is 5.16 Å². The number of nitrogens with zero attached hydrogens (tertiary/aromatic N) is 3. The molecule has 7 heteroatoms. The molecule has 2 rings (SSSR count). The van der Waals surface area contributed by atoms with Gasteiger partial charge in [0.1, 0.15) is 15.9 Å². The summed E-state index contributed by atoms with van der Waals surface area (Å²) in [5.41, 5.74) is 5.69. The van der Waals surface area contributed by atoms with E-state index >= 15 is 0 Å². The van der Waals surface area contributed by atoms with Crippen LogP contribution in [0, 0.1) is 0 Å². The smallest absolute Gasteiger partial charge is 0.190 e. The van der Waals surface area contributed by atoms with Crippen LogP contribution in [0.25, 0.3) is 0 Å². The molecule has 0 amide bonds. The molecule has 0 aliphatic heterocycles. The van der Waals surface area contributed by atoms with Crippen LogP contribution in [-0.2, 0) is 0 Å². The molecule has 0 radical (unpaired) electrons. The number of nitrogens with two attached hydrogens (primary N) is 1. The highest BCUT2D eigenvalue weighted by Gasteiger charge is 2.04. The topological polar surface area (TPSA) is 64.7 Å². The Labute approximate surface area is 112 Å². The summed E-state index contributed by atoms with van der Waals surface area (Å²) < 4.78 is 0. The fourth-order valence-electron chi connectivity index (χ4n) is 1.09. The minimum Gasteiger partial charge on any atom is -0.384 e. The second kappa shape index (κ2) is 5.57. The van der Waals surface area contributed by atoms with Gasteiger partial charge in [-0.2, -0.15) is 0 Å². The summed E-state index contributed by atoms with van der Waals surface area (Å²) in [5.74, 6) is 0.459. The lowest BCUT2D eigenvalue weighted by Gasteiger charge is -2.03. The minimum atomic E-state index is 0.459. The van der Waals surface area contributed by atoms with Crippen LogP contribution in [0.5, 0.6) is 0 Å². The van der Waals surface area contributed by atoms with Crippen LogP contribution in [-0.4, -0.2) is 21.2 Å². The molecule has 0 fully saturated rings. The number of rotatable bonds is 3. The van der Waals surface area contributed by atoms with Crippen molar-refractivity contribution in [2.24, 2.45) is 0 Å². The van der Waals surface area contributed by atoms with Gasteiger partial charge in [-0.05, 0) is 30.2 Å². The Morgan fingerprint density at radius 3 is 2.71 bits per heavy atom. The second-order valence-corrected chi connectivity index (χ2v) is 5.28. The maximum atomic E-state index is 5.77. The summed E-state index contributed by atoms with van der Waals surface area (Å²) in [6.07, 6.45) is 3.51. The van der Waals surface area contributed by atoms with Gasteiger partial charge in [0.25, 0.3) is 0 Å². The monoisotopic (exact) mass is 284 g/mol. The third kappa shape index (κ3) is 3.49. The van der Waals surface area contributed by atoms with Crippen LogP contribution in [0.1, 0.15) is 0 Å². The highest BCUT2D eigenvalue weighted by molar-refractivity contribution is 7.99. The number of halogens is 1. The van der Waals surface area contributed by atoms with Gasteiger partial charge in [0.2, 0.25) is 0 Å². The fraction of sp³-hybridized carbons (Fsp3) is 0.100. The number of thioether (sulfide) groups is 1. The van der Waals surface area contributed by atoms with Gasteiger partial charge in [0, 0.05) is 12.3 Å². The van der Waals surface area contributed by atoms with Crippen molar-refractivity contribution >= 4 is 40.9 Å². The molecule has 0 saturated heterocycles. The van der Waals surface area contributed by atoms with Crippen LogP contribution >= 0.6 is 35.1 Å². The number of nitrogen functional groups attached to an aromatic ring is 1. The average molecular weight is 285 g/mol. The number of hydrogen-bond acceptors (Lipinski definition) is 6. The second-order valence-electron chi connectivity index (χ2n) is 3.03. The zero-order valence-electron chi connectivity index (χ0n) is 8.92. The third-order valence-corrected chi connectivity index (χ3v) is 3.43. The third-order valence-electron chi connectivity index (χ3n) is 1.79. The maximum Gasteiger partial charge on any atom is 0.190 e. The van der Waals surface area contributed by atoms with Gasteiger partial charge in [0.05, 0.1) is 5.02 Å². The molecular formula is C10H9ClN4S2. The molecule has 0 spiro atoms. The highest BCUT2D eigenvalue weighted by Crippen LogP contribution is 2.27. The summed E-state index contributed by atoms with van der Waals surface area (Å²) in [6, 6.07) is 5.35. The SMILES string of the molecule is CSc1nc(N)cc(Sc2ccc(Cl)cn2)n1. The Bertz CT molecular complexity index is 518. The molecule has 2 N–H and O–H groups in total. The molecule has 88 valence electrons. The van der Waals surface area contributed by atoms with Crippen LogP contribution in [0.3, 0.4) is 0 Å². The molecular weight excluding hydrogens is 276 g/mol. The maximum absolute atomic E-state index is 5.77. The molecule has 0 bridgehead atoms. The lowest BCUT2D eigenvalue weighted by Crippen LogP contribution is -1.95. The van der Waals surface area contributed by atoms with E-state index < -0.39 is 0 Å². The van der Waals surface area contributed by atoms with Crippen molar-refractivity contribution in [3.05, 3.63) is 29.4 Å². The van der Waals surface area contributed by atoms with Gasteiger partial charge in [-0.15, -0.1) is 0 Å². The summed E-state index contributed by atoms with van der Waals surface area (Å²) in [4.78, 5) is 12.6. The normalized spacial score (nSPS) is 10.5. The van der Waals surface area contributed by atoms with E-state index in [4.69, 9.17) is 17.3 Å². The van der Waals surface area contributed by atoms with Crippen molar-refractivity contribution in [2.45, 2.75) is 15.2 Å². The number of anilines is 1. The molecule has 0 aliphatic rings. The summed E-state index contributed by atoms with van der Waals surface area (Å²) in [6.45, 7) is 0. The molecule has 0 aliphatic carbocycles. The van der Waals surface area contributed by atoms with Crippen molar-refractivity contribution in [2.75, 3.05) is 12.0 Å². The van der Waals surface area contributed by atoms with Crippen LogP contribution in [0.2, 0.25) is 5.02 Å². The molecule has 2 aromatic rings. The fourth-order valence-corrected chi connectivity index (χ4v) is 2.42. The molecule has 0 unspecified atom stereocenters. The average Bonchev–Trinajstić information content (AvgIpc) is 2.31. The van der Waals surface area contributed by atoms with Crippen molar-refractivity contribution < 1.29 is 0 Å². The molecule has 0 atom stereocenters. The quantitative estimate of drug-likeness (QED) is 0.531. The van der Waals surface area contributed by atoms with E-state index in [1.165, 1.54) is 23.5 Å². The first kappa shape index (κ1) is 12.5. The summed E-state index contributed by atoms with van der Waals surface area (Å²) in [7, 11) is 0. The van der Waals surface area contributed by atoms with Gasteiger partial charge < -0.3 is 5.73 Å². The summed E-state index contributed by atoms with van der Waals surface area (Å²) >= 11 is 8.65. The number of aromatic nitrogens is 3. The Balaban J connectivity index is 2.23. The van der Waals surface area contributed by atoms with Gasteiger partial charge in [-0.3, -0.25) is 0 Å². The molecule has 2 heterocycles. The van der Waals surface area contributed by atoms with Crippen molar-refractivity contribution in [3.63, 3.8) is 0 Å². The van der Waals surface area contributed by atoms with Crippen LogP contribution < -0.4 is 5.73 Å². The molecule has 4 nitrogen and oxygen atoms in total. The standard InChI is InChI=1S/C10H9ClN4S2/c1-16-10-14-7(12)4-9(15-10)17-8-3-2-6(11)5-13-8/h2-5H,1H3,(H2,12,14,15). The number of pyridine rings is 1. The first-order valence-corrected chi connectivity index (χ1v) is 7.07. The predicted octanol–water partition coefficient (Wildman–Crippen LogP) is 2.98. The van der Waals surface area contributed by atoms with E-state index in [0.29, 0.717) is 16.0 Å². The minimum absolute atomic E-state index is 0.459. The van der Waals surface area contributed by atoms with Crippen molar-refractivity contribution in [1.29, 1.82) is 0 Å². The van der Waals surface area contributed by atoms with Crippen molar-refractivity contribution in [3.8, 4) is 0 Å². The number of hydrogen-bond donors (Lipinski definition) is 1. The van der Waals surface area contributed by atoms with E-state index in [1.54, 1.807) is 18.3 Å². The Kier molecular flexibility index (Phi) is 4.09. The van der Waals surface area contributed by atoms with E-state index in [2.05, 4.69) is 15.0 Å². The summed E-state index contributed by atoms with van der Waals surface area (Å²) in [5, 5.41) is 2.86. The van der Waals surface area contributed by atoms with Crippen molar-refractivity contribution in [1.82, 2.24) is 15.0 Å². The van der Waals surface area contributed by atoms with E-state index in [0.717, 1.165) is 10.1 Å². The van der Waals surface area contributed by atoms with Crippen LogP contribution in [0.15, 0.2) is 39.6 Å². The lowest BCUT2D eigenvalue weighted by molar-refractivity contribution is 0.900. The molecule has 0 aromatic carbocycles. The molecule has 2 aromatic heterocycles. The predicted molar refractivity (Wildman–Crippen MR) is 71.6 cm³/mol. The Hall–Kier alpha value is -0.980. The Morgan fingerprint density at radius 2 is 2.06 bits per heavy atom. The first-order valence-electron chi connectivity index (χ1n) is 4.65. The highest BCUT2D eigenvalue weighted by atomic mass is 35.5. The van der Waals surface area contributed by atoms with E-state index in [9.17, 15) is 0 Å². The van der Waals surface area contributed by atoms with Gasteiger partial charge >= 0.3 is 0 Å². The lowest BCUT2D eigenvalue weighted by atomic mass is 10.5. The molecule has 17 heavy (non-hydrogen) atoms. The van der Waals surface area contributed by atoms with Gasteiger partial charge in [-0.25, -0.2) is 15.0 Å². The zero-order valence-corrected chi connectivity index (χ0v) is 11.3. The Morgan fingerprint density at radius 1 is 1.24 bits per heavy atom. The van der Waals surface area contributed by atoms with Gasteiger partial charge in [-0.1, -0.05) is 23.4 Å². The van der Waals surface area contributed by atoms with E-state index in [-0.39, 0.29) is 0 Å². The first-order chi connectivity index (χ1) is 8.17. The zero-order chi connectivity index (χ0) is 12.3.